The molecule has 3 rings (SSSR count). The first-order valence-corrected chi connectivity index (χ1v) is 9.28. The lowest BCUT2D eigenvalue weighted by Gasteiger charge is -2.22. The Morgan fingerprint density at radius 3 is 2.32 bits per heavy atom. The molecule has 0 aliphatic carbocycles. The quantitative estimate of drug-likeness (QED) is 0.828. The first kappa shape index (κ1) is 18.0. The van der Waals surface area contributed by atoms with Gasteiger partial charge in [0, 0.05) is 37.7 Å². The molecule has 132 valence electrons. The first-order valence-electron chi connectivity index (χ1n) is 8.90. The summed E-state index contributed by atoms with van der Waals surface area (Å²) in [6.07, 6.45) is 1.52. The van der Waals surface area contributed by atoms with Crippen LogP contribution in [0.1, 0.15) is 23.1 Å². The predicted octanol–water partition coefficient (Wildman–Crippen LogP) is 3.93. The van der Waals surface area contributed by atoms with Crippen LogP contribution in [-0.4, -0.2) is 41.9 Å². The summed E-state index contributed by atoms with van der Waals surface area (Å²) in [6.45, 7) is 6.58. The number of halogens is 1. The second-order valence-corrected chi connectivity index (χ2v) is 7.24. The molecule has 0 atom stereocenters. The molecule has 0 N–H and O–H groups in total. The van der Waals surface area contributed by atoms with Crippen molar-refractivity contribution in [3.63, 3.8) is 0 Å². The molecule has 1 aliphatic heterocycles. The van der Waals surface area contributed by atoms with E-state index < -0.39 is 0 Å². The number of amides is 1. The zero-order valence-electron chi connectivity index (χ0n) is 14.7. The molecule has 0 bridgehead atoms. The number of aryl methyl sites for hydroxylation is 1. The predicted molar refractivity (Wildman–Crippen MR) is 103 cm³/mol. The Morgan fingerprint density at radius 2 is 1.60 bits per heavy atom. The number of carbonyl (C=O) groups excluding carboxylic acids is 1. The summed E-state index contributed by atoms with van der Waals surface area (Å²) in [6, 6.07) is 16.3. The highest BCUT2D eigenvalue weighted by Gasteiger charge is 2.19. The van der Waals surface area contributed by atoms with E-state index in [4.69, 9.17) is 11.6 Å². The van der Waals surface area contributed by atoms with Crippen LogP contribution < -0.4 is 0 Å². The van der Waals surface area contributed by atoms with Gasteiger partial charge in [-0.2, -0.15) is 0 Å². The van der Waals surface area contributed by atoms with Crippen molar-refractivity contribution in [2.45, 2.75) is 26.3 Å². The molecule has 1 aliphatic rings. The number of hydrogen-bond acceptors (Lipinski definition) is 2. The Morgan fingerprint density at radius 1 is 0.920 bits per heavy atom. The van der Waals surface area contributed by atoms with E-state index in [1.165, 1.54) is 11.1 Å². The van der Waals surface area contributed by atoms with E-state index in [2.05, 4.69) is 48.2 Å². The van der Waals surface area contributed by atoms with Crippen molar-refractivity contribution in [1.29, 1.82) is 0 Å². The van der Waals surface area contributed by atoms with Crippen molar-refractivity contribution in [1.82, 2.24) is 9.80 Å². The Kier molecular flexibility index (Phi) is 6.11. The smallest absolute Gasteiger partial charge is 0.227 e. The van der Waals surface area contributed by atoms with Gasteiger partial charge >= 0.3 is 0 Å². The number of hydrogen-bond donors (Lipinski definition) is 0. The summed E-state index contributed by atoms with van der Waals surface area (Å²) in [7, 11) is 0. The van der Waals surface area contributed by atoms with Gasteiger partial charge in [0.05, 0.1) is 6.42 Å². The Hall–Kier alpha value is -1.84. The number of carbonyl (C=O) groups is 1. The number of rotatable bonds is 4. The topological polar surface area (TPSA) is 23.6 Å². The van der Waals surface area contributed by atoms with Gasteiger partial charge in [0.1, 0.15) is 0 Å². The van der Waals surface area contributed by atoms with Gasteiger partial charge in [-0.25, -0.2) is 0 Å². The van der Waals surface area contributed by atoms with Crippen molar-refractivity contribution >= 4 is 17.5 Å². The second kappa shape index (κ2) is 8.50. The molecule has 3 nitrogen and oxygen atoms in total. The van der Waals surface area contributed by atoms with Crippen molar-refractivity contribution in [2.24, 2.45) is 0 Å². The highest BCUT2D eigenvalue weighted by Crippen LogP contribution is 2.14. The van der Waals surface area contributed by atoms with E-state index in [1.54, 1.807) is 0 Å². The van der Waals surface area contributed by atoms with E-state index in [1.807, 2.05) is 17.0 Å². The fraction of sp³-hybridized carbons (Fsp3) is 0.381. The molecule has 0 spiro atoms. The highest BCUT2D eigenvalue weighted by molar-refractivity contribution is 6.30. The summed E-state index contributed by atoms with van der Waals surface area (Å²) in [4.78, 5) is 17.0. The Labute approximate surface area is 155 Å². The number of nitrogens with zero attached hydrogens (tertiary/aromatic N) is 2. The lowest BCUT2D eigenvalue weighted by molar-refractivity contribution is -0.130. The SMILES string of the molecule is Cc1ccc(CC(=O)N2CCCN(Cc3ccc(Cl)cc3)CC2)cc1. The normalized spacial score (nSPS) is 15.8. The minimum atomic E-state index is 0.234. The minimum Gasteiger partial charge on any atom is -0.341 e. The molecule has 25 heavy (non-hydrogen) atoms. The molecule has 0 radical (unpaired) electrons. The summed E-state index contributed by atoms with van der Waals surface area (Å²) in [5.74, 6) is 0.234. The molecule has 0 unspecified atom stereocenters. The summed E-state index contributed by atoms with van der Waals surface area (Å²) in [5.41, 5.74) is 3.59. The highest BCUT2D eigenvalue weighted by atomic mass is 35.5. The van der Waals surface area contributed by atoms with Gasteiger partial charge in [0.15, 0.2) is 0 Å². The Balaban J connectivity index is 1.52. The summed E-state index contributed by atoms with van der Waals surface area (Å²) < 4.78 is 0. The third-order valence-electron chi connectivity index (χ3n) is 4.74. The van der Waals surface area contributed by atoms with Gasteiger partial charge in [-0.05, 0) is 36.6 Å². The van der Waals surface area contributed by atoms with Crippen molar-refractivity contribution < 1.29 is 4.79 Å². The van der Waals surface area contributed by atoms with Crippen LogP contribution in [0.4, 0.5) is 0 Å². The molecule has 1 heterocycles. The molecule has 4 heteroatoms. The van der Waals surface area contributed by atoms with Gasteiger partial charge < -0.3 is 4.90 Å². The van der Waals surface area contributed by atoms with Gasteiger partial charge in [0.25, 0.3) is 0 Å². The van der Waals surface area contributed by atoms with Crippen LogP contribution >= 0.6 is 11.6 Å². The fourth-order valence-electron chi connectivity index (χ4n) is 3.22. The van der Waals surface area contributed by atoms with E-state index in [0.717, 1.165) is 49.7 Å². The average molecular weight is 357 g/mol. The molecule has 0 aromatic heterocycles. The van der Waals surface area contributed by atoms with Gasteiger partial charge in [0.2, 0.25) is 5.91 Å². The maximum Gasteiger partial charge on any atom is 0.227 e. The van der Waals surface area contributed by atoms with Crippen LogP contribution in [0.25, 0.3) is 0 Å². The van der Waals surface area contributed by atoms with E-state index in [0.29, 0.717) is 6.42 Å². The third kappa shape index (κ3) is 5.32. The molecule has 0 saturated carbocycles. The van der Waals surface area contributed by atoms with Gasteiger partial charge in [-0.15, -0.1) is 0 Å². The molecule has 1 saturated heterocycles. The van der Waals surface area contributed by atoms with Crippen LogP contribution in [-0.2, 0) is 17.8 Å². The average Bonchev–Trinajstić information content (AvgIpc) is 2.85. The molecule has 2 aromatic rings. The van der Waals surface area contributed by atoms with Crippen LogP contribution in [0.2, 0.25) is 5.02 Å². The molecule has 2 aromatic carbocycles. The fourth-order valence-corrected chi connectivity index (χ4v) is 3.34. The zero-order chi connectivity index (χ0) is 17.6. The first-order chi connectivity index (χ1) is 12.1. The van der Waals surface area contributed by atoms with E-state index in [9.17, 15) is 4.79 Å². The van der Waals surface area contributed by atoms with Crippen molar-refractivity contribution in [3.05, 3.63) is 70.2 Å². The second-order valence-electron chi connectivity index (χ2n) is 6.80. The molecule has 1 fully saturated rings. The van der Waals surface area contributed by atoms with E-state index >= 15 is 0 Å². The van der Waals surface area contributed by atoms with E-state index in [-0.39, 0.29) is 5.91 Å². The standard InChI is InChI=1S/C21H25ClN2O/c1-17-3-5-18(6-4-17)15-21(25)24-12-2-11-23(13-14-24)16-19-7-9-20(22)10-8-19/h3-10H,2,11-16H2,1H3. The monoisotopic (exact) mass is 356 g/mol. The van der Waals surface area contributed by atoms with Gasteiger partial charge in [-0.3, -0.25) is 9.69 Å². The Bertz CT molecular complexity index is 697. The largest absolute Gasteiger partial charge is 0.341 e. The molecule has 1 amide bonds. The van der Waals surface area contributed by atoms with Crippen LogP contribution in [0, 0.1) is 6.92 Å². The lowest BCUT2D eigenvalue weighted by Crippen LogP contribution is -2.36. The maximum absolute atomic E-state index is 12.6. The van der Waals surface area contributed by atoms with Crippen molar-refractivity contribution in [3.8, 4) is 0 Å². The molecular formula is C21H25ClN2O. The minimum absolute atomic E-state index is 0.234. The number of benzene rings is 2. The lowest BCUT2D eigenvalue weighted by atomic mass is 10.1. The maximum atomic E-state index is 12.6. The summed E-state index contributed by atoms with van der Waals surface area (Å²) in [5, 5.41) is 0.771. The van der Waals surface area contributed by atoms with Crippen molar-refractivity contribution in [2.75, 3.05) is 26.2 Å². The van der Waals surface area contributed by atoms with Crippen LogP contribution in [0.5, 0.6) is 0 Å². The van der Waals surface area contributed by atoms with Crippen LogP contribution in [0.15, 0.2) is 48.5 Å². The summed E-state index contributed by atoms with van der Waals surface area (Å²) >= 11 is 5.95. The molecular weight excluding hydrogens is 332 g/mol. The third-order valence-corrected chi connectivity index (χ3v) is 4.99. The van der Waals surface area contributed by atoms with Crippen LogP contribution in [0.3, 0.4) is 0 Å². The van der Waals surface area contributed by atoms with Gasteiger partial charge in [-0.1, -0.05) is 53.6 Å². The zero-order valence-corrected chi connectivity index (χ0v) is 15.5.